The molecule has 0 spiro atoms. The van der Waals surface area contributed by atoms with Crippen LogP contribution in [0.15, 0.2) is 42.6 Å². The monoisotopic (exact) mass is 339 g/mol. The molecule has 4 nitrogen and oxygen atoms in total. The molecule has 2 N–H and O–H groups in total. The number of carboxylic acid groups (broad SMARTS) is 1. The van der Waals surface area contributed by atoms with Crippen LogP contribution in [-0.4, -0.2) is 21.2 Å². The van der Waals surface area contributed by atoms with Crippen LogP contribution in [0.4, 0.5) is 0 Å². The Morgan fingerprint density at radius 2 is 1.95 bits per heavy atom. The first-order valence-electron chi connectivity index (χ1n) is 6.74. The Kier molecular flexibility index (Phi) is 5.77. The van der Waals surface area contributed by atoms with Gasteiger partial charge >= 0.3 is 5.97 Å². The zero-order valence-corrected chi connectivity index (χ0v) is 13.1. The average Bonchev–Trinajstić information content (AvgIpc) is 2.48. The van der Waals surface area contributed by atoms with Gasteiger partial charge in [-0.05, 0) is 36.2 Å². The fourth-order valence-corrected chi connectivity index (χ4v) is 2.60. The minimum Gasteiger partial charge on any atom is -0.481 e. The Morgan fingerprint density at radius 1 is 1.18 bits per heavy atom. The molecule has 1 heterocycles. The molecule has 0 aliphatic heterocycles. The van der Waals surface area contributed by atoms with E-state index >= 15 is 0 Å². The Bertz CT molecular complexity index is 646. The average molecular weight is 340 g/mol. The summed E-state index contributed by atoms with van der Waals surface area (Å²) in [5.41, 5.74) is 1.22. The van der Waals surface area contributed by atoms with Crippen LogP contribution in [0.2, 0.25) is 10.0 Å². The number of aromatic nitrogens is 1. The first-order valence-corrected chi connectivity index (χ1v) is 7.49. The zero-order valence-electron chi connectivity index (χ0n) is 11.6. The summed E-state index contributed by atoms with van der Waals surface area (Å²) in [5.74, 6) is -1.33. The molecule has 0 bridgehead atoms. The van der Waals surface area contributed by atoms with Gasteiger partial charge < -0.3 is 10.2 Å². The molecule has 0 saturated carbocycles. The summed E-state index contributed by atoms with van der Waals surface area (Å²) in [6.45, 7) is 0. The minimum atomic E-state index is -0.935. The van der Waals surface area contributed by atoms with Gasteiger partial charge in [-0.1, -0.05) is 35.3 Å². The topological polar surface area (TPSA) is 70.4 Å². The number of nitrogens with zero attached hydrogens (tertiary/aromatic N) is 1. The summed E-state index contributed by atoms with van der Waals surface area (Å²) in [6, 6.07) is 10.3. The van der Waals surface area contributed by atoms with Gasteiger partial charge in [0.05, 0.1) is 10.7 Å². The number of pyridine rings is 1. The fraction of sp³-hybridized carbons (Fsp3) is 0.250. The van der Waals surface area contributed by atoms with E-state index < -0.39 is 18.0 Å². The maximum absolute atomic E-state index is 10.9. The van der Waals surface area contributed by atoms with E-state index in [2.05, 4.69) is 4.98 Å². The van der Waals surface area contributed by atoms with Crippen molar-refractivity contribution in [2.24, 2.45) is 0 Å². The third-order valence-corrected chi connectivity index (χ3v) is 3.84. The number of halogens is 2. The number of rotatable bonds is 6. The summed E-state index contributed by atoms with van der Waals surface area (Å²) < 4.78 is 0. The second-order valence-electron chi connectivity index (χ2n) is 4.94. The molecule has 1 aromatic heterocycles. The van der Waals surface area contributed by atoms with Gasteiger partial charge in [0, 0.05) is 23.6 Å². The Morgan fingerprint density at radius 3 is 2.55 bits per heavy atom. The highest BCUT2D eigenvalue weighted by molar-refractivity contribution is 6.30. The van der Waals surface area contributed by atoms with Crippen molar-refractivity contribution in [3.8, 4) is 0 Å². The lowest BCUT2D eigenvalue weighted by Crippen LogP contribution is -2.14. The summed E-state index contributed by atoms with van der Waals surface area (Å²) in [5, 5.41) is 20.5. The number of aliphatic hydroxyl groups excluding tert-OH is 1. The molecule has 0 amide bonds. The predicted molar refractivity (Wildman–Crippen MR) is 85.3 cm³/mol. The van der Waals surface area contributed by atoms with Crippen LogP contribution in [0.1, 0.15) is 36.1 Å². The van der Waals surface area contributed by atoms with Gasteiger partial charge in [-0.3, -0.25) is 9.78 Å². The molecule has 0 saturated heterocycles. The third-order valence-electron chi connectivity index (χ3n) is 3.38. The van der Waals surface area contributed by atoms with Crippen molar-refractivity contribution < 1.29 is 15.0 Å². The van der Waals surface area contributed by atoms with Gasteiger partial charge in [0.25, 0.3) is 0 Å². The highest BCUT2D eigenvalue weighted by Crippen LogP contribution is 2.35. The fourth-order valence-electron chi connectivity index (χ4n) is 2.29. The summed E-state index contributed by atoms with van der Waals surface area (Å²) in [4.78, 5) is 15.0. The molecule has 1 aromatic carbocycles. The first kappa shape index (κ1) is 16.7. The molecule has 2 atom stereocenters. The number of aliphatic carboxylic acids is 1. The zero-order chi connectivity index (χ0) is 16.1. The smallest absolute Gasteiger partial charge is 0.303 e. The summed E-state index contributed by atoms with van der Waals surface area (Å²) in [7, 11) is 0. The normalized spacial score (nSPS) is 13.6. The second kappa shape index (κ2) is 7.58. The number of carbonyl (C=O) groups is 1. The van der Waals surface area contributed by atoms with Crippen molar-refractivity contribution in [3.63, 3.8) is 0 Å². The number of benzene rings is 1. The molecule has 0 fully saturated rings. The van der Waals surface area contributed by atoms with Gasteiger partial charge in [-0.2, -0.15) is 0 Å². The molecular weight excluding hydrogens is 325 g/mol. The van der Waals surface area contributed by atoms with E-state index in [1.807, 2.05) is 6.07 Å². The maximum Gasteiger partial charge on any atom is 0.303 e. The summed E-state index contributed by atoms with van der Waals surface area (Å²) >= 11 is 11.8. The van der Waals surface area contributed by atoms with E-state index in [0.717, 1.165) is 5.56 Å². The molecule has 0 unspecified atom stereocenters. The van der Waals surface area contributed by atoms with Gasteiger partial charge in [-0.15, -0.1) is 0 Å². The van der Waals surface area contributed by atoms with Crippen LogP contribution in [0.3, 0.4) is 0 Å². The molecule has 0 aliphatic rings. The molecule has 0 aliphatic carbocycles. The van der Waals surface area contributed by atoms with Gasteiger partial charge in [0.1, 0.15) is 6.10 Å². The van der Waals surface area contributed by atoms with Crippen LogP contribution in [-0.2, 0) is 4.79 Å². The Labute approximate surface area is 138 Å². The van der Waals surface area contributed by atoms with Crippen molar-refractivity contribution in [1.29, 1.82) is 0 Å². The van der Waals surface area contributed by atoms with E-state index in [1.54, 1.807) is 30.3 Å². The van der Waals surface area contributed by atoms with Crippen LogP contribution in [0.25, 0.3) is 0 Å². The number of carboxylic acids is 1. The van der Waals surface area contributed by atoms with Gasteiger partial charge in [-0.25, -0.2) is 0 Å². The highest BCUT2D eigenvalue weighted by atomic mass is 35.5. The molecule has 0 radical (unpaired) electrons. The largest absolute Gasteiger partial charge is 0.481 e. The van der Waals surface area contributed by atoms with E-state index in [0.29, 0.717) is 15.7 Å². The lowest BCUT2D eigenvalue weighted by Gasteiger charge is -2.23. The molecular formula is C16H15Cl2NO3. The lowest BCUT2D eigenvalue weighted by molar-refractivity contribution is -0.137. The Balaban J connectivity index is 2.30. The van der Waals surface area contributed by atoms with Crippen LogP contribution in [0.5, 0.6) is 0 Å². The van der Waals surface area contributed by atoms with Crippen molar-refractivity contribution >= 4 is 29.2 Å². The summed E-state index contributed by atoms with van der Waals surface area (Å²) in [6.07, 6.45) is 0.741. The minimum absolute atomic E-state index is 0.0537. The molecule has 2 aromatic rings. The molecule has 6 heteroatoms. The highest BCUT2D eigenvalue weighted by Gasteiger charge is 2.24. The van der Waals surface area contributed by atoms with Crippen LogP contribution in [0, 0.1) is 0 Å². The van der Waals surface area contributed by atoms with E-state index in [1.165, 1.54) is 6.20 Å². The van der Waals surface area contributed by atoms with E-state index in [-0.39, 0.29) is 12.8 Å². The first-order chi connectivity index (χ1) is 10.5. The van der Waals surface area contributed by atoms with Crippen LogP contribution >= 0.6 is 23.2 Å². The second-order valence-corrected chi connectivity index (χ2v) is 5.81. The number of aliphatic hydroxyl groups is 1. The molecule has 2 rings (SSSR count). The molecule has 22 heavy (non-hydrogen) atoms. The van der Waals surface area contributed by atoms with E-state index in [4.69, 9.17) is 28.3 Å². The van der Waals surface area contributed by atoms with Crippen molar-refractivity contribution in [2.45, 2.75) is 24.9 Å². The SMILES string of the molecule is O=C(O)CC[C@@H](c1cccc(Cl)c1)[C@H](O)c1ccc(Cl)cn1. The predicted octanol–water partition coefficient (Wildman–Crippen LogP) is 4.07. The van der Waals surface area contributed by atoms with Gasteiger partial charge in [0.15, 0.2) is 0 Å². The maximum atomic E-state index is 10.9. The lowest BCUT2D eigenvalue weighted by atomic mass is 9.87. The quantitative estimate of drug-likeness (QED) is 0.832. The van der Waals surface area contributed by atoms with Crippen LogP contribution < -0.4 is 0 Å². The van der Waals surface area contributed by atoms with Crippen molar-refractivity contribution in [3.05, 3.63) is 63.9 Å². The molecule has 116 valence electrons. The number of hydrogen-bond donors (Lipinski definition) is 2. The third kappa shape index (κ3) is 4.44. The Hall–Kier alpha value is -1.62. The van der Waals surface area contributed by atoms with Crippen molar-refractivity contribution in [2.75, 3.05) is 0 Å². The van der Waals surface area contributed by atoms with E-state index in [9.17, 15) is 9.90 Å². The standard InChI is InChI=1S/C16H15Cl2NO3/c17-11-3-1-2-10(8-11)13(5-7-15(20)21)16(22)14-6-4-12(18)9-19-14/h1-4,6,8-9,13,16,22H,5,7H2,(H,20,21)/t13-,16-/m0/s1. The van der Waals surface area contributed by atoms with Crippen molar-refractivity contribution in [1.82, 2.24) is 4.98 Å². The number of hydrogen-bond acceptors (Lipinski definition) is 3. The van der Waals surface area contributed by atoms with Gasteiger partial charge in [0.2, 0.25) is 0 Å².